The van der Waals surface area contributed by atoms with Crippen LogP contribution >= 0.6 is 0 Å². The molecule has 1 aromatic carbocycles. The summed E-state index contributed by atoms with van der Waals surface area (Å²) in [6, 6.07) is 6.27. The molecule has 1 N–H and O–H groups in total. The maximum atomic E-state index is 14.0. The van der Waals surface area contributed by atoms with Gasteiger partial charge in [-0.05, 0) is 33.3 Å². The molecule has 0 saturated carbocycles. The third kappa shape index (κ3) is 4.04. The van der Waals surface area contributed by atoms with Crippen molar-refractivity contribution < 1.29 is 18.4 Å². The molecule has 2 amide bonds. The molecular weight excluding hydrogens is 337 g/mol. The standard InChI is InChI=1S/C19H24FN3O3/c1-12(10-16-13(2)22-26-14(16)3)21-19(24)23-8-9-25-18(11-23)15-6-4-5-7-17(15)20/h4-7,12,18H,8-11H2,1-3H3,(H,21,24)/t12-,18+/m1/s1. The Kier molecular flexibility index (Phi) is 5.56. The fourth-order valence-corrected chi connectivity index (χ4v) is 3.21. The number of ether oxygens (including phenoxy) is 1. The molecule has 0 unspecified atom stereocenters. The Hall–Kier alpha value is -2.41. The van der Waals surface area contributed by atoms with Crippen LogP contribution in [0.2, 0.25) is 0 Å². The molecule has 1 aliphatic rings. The SMILES string of the molecule is Cc1noc(C)c1C[C@@H](C)NC(=O)N1CCO[C@H](c2ccccc2F)C1. The second-order valence-corrected chi connectivity index (χ2v) is 6.68. The maximum Gasteiger partial charge on any atom is 0.317 e. The van der Waals surface area contributed by atoms with Gasteiger partial charge in [-0.3, -0.25) is 0 Å². The molecule has 6 nitrogen and oxygen atoms in total. The van der Waals surface area contributed by atoms with Crippen LogP contribution in [0.25, 0.3) is 0 Å². The van der Waals surface area contributed by atoms with E-state index < -0.39 is 6.10 Å². The second-order valence-electron chi connectivity index (χ2n) is 6.68. The van der Waals surface area contributed by atoms with Crippen LogP contribution in [-0.2, 0) is 11.2 Å². The minimum Gasteiger partial charge on any atom is -0.370 e. The van der Waals surface area contributed by atoms with Crippen molar-refractivity contribution in [1.82, 2.24) is 15.4 Å². The molecule has 3 rings (SSSR count). The summed E-state index contributed by atoms with van der Waals surface area (Å²) in [6.45, 7) is 6.88. The van der Waals surface area contributed by atoms with Crippen LogP contribution < -0.4 is 5.32 Å². The van der Waals surface area contributed by atoms with Gasteiger partial charge < -0.3 is 19.5 Å². The third-order valence-electron chi connectivity index (χ3n) is 4.67. The topological polar surface area (TPSA) is 67.6 Å². The number of aryl methyl sites for hydroxylation is 2. The zero-order chi connectivity index (χ0) is 18.7. The normalized spacial score (nSPS) is 18.6. The molecule has 2 aromatic rings. The monoisotopic (exact) mass is 361 g/mol. The molecule has 1 fully saturated rings. The van der Waals surface area contributed by atoms with Gasteiger partial charge >= 0.3 is 6.03 Å². The van der Waals surface area contributed by atoms with E-state index in [0.717, 1.165) is 17.0 Å². The number of carbonyl (C=O) groups excluding carboxylic acids is 1. The van der Waals surface area contributed by atoms with Crippen molar-refractivity contribution in [3.63, 3.8) is 0 Å². The van der Waals surface area contributed by atoms with Gasteiger partial charge in [0.1, 0.15) is 17.7 Å². The first-order valence-corrected chi connectivity index (χ1v) is 8.79. The van der Waals surface area contributed by atoms with E-state index in [2.05, 4.69) is 10.5 Å². The summed E-state index contributed by atoms with van der Waals surface area (Å²) in [5, 5.41) is 6.94. The first kappa shape index (κ1) is 18.4. The first-order valence-electron chi connectivity index (χ1n) is 8.79. The highest BCUT2D eigenvalue weighted by atomic mass is 19.1. The Balaban J connectivity index is 1.60. The molecule has 1 aromatic heterocycles. The van der Waals surface area contributed by atoms with Crippen molar-refractivity contribution in [3.8, 4) is 0 Å². The molecule has 26 heavy (non-hydrogen) atoms. The van der Waals surface area contributed by atoms with Crippen LogP contribution in [0.1, 0.15) is 35.6 Å². The van der Waals surface area contributed by atoms with Crippen LogP contribution in [0, 0.1) is 19.7 Å². The quantitative estimate of drug-likeness (QED) is 0.908. The Morgan fingerprint density at radius 3 is 2.88 bits per heavy atom. The molecule has 0 spiro atoms. The number of halogens is 1. The minimum absolute atomic E-state index is 0.0749. The molecule has 0 aliphatic carbocycles. The molecule has 7 heteroatoms. The maximum absolute atomic E-state index is 14.0. The van der Waals surface area contributed by atoms with Gasteiger partial charge in [-0.25, -0.2) is 9.18 Å². The first-order chi connectivity index (χ1) is 12.5. The summed E-state index contributed by atoms with van der Waals surface area (Å²) < 4.78 is 24.8. The van der Waals surface area contributed by atoms with E-state index in [-0.39, 0.29) is 17.9 Å². The van der Waals surface area contributed by atoms with Gasteiger partial charge in [0, 0.05) is 23.7 Å². The smallest absolute Gasteiger partial charge is 0.317 e. The fraction of sp³-hybridized carbons (Fsp3) is 0.474. The lowest BCUT2D eigenvalue weighted by Gasteiger charge is -2.34. The molecule has 1 aliphatic heterocycles. The van der Waals surface area contributed by atoms with Crippen molar-refractivity contribution in [2.75, 3.05) is 19.7 Å². The second kappa shape index (κ2) is 7.86. The molecule has 140 valence electrons. The number of aromatic nitrogens is 1. The minimum atomic E-state index is -0.450. The highest BCUT2D eigenvalue weighted by molar-refractivity contribution is 5.74. The number of benzene rings is 1. The number of nitrogens with zero attached hydrogens (tertiary/aromatic N) is 2. The predicted octanol–water partition coefficient (Wildman–Crippen LogP) is 3.14. The predicted molar refractivity (Wildman–Crippen MR) is 94.3 cm³/mol. The lowest BCUT2D eigenvalue weighted by molar-refractivity contribution is -0.0174. The summed E-state index contributed by atoms with van der Waals surface area (Å²) in [4.78, 5) is 14.3. The number of rotatable bonds is 4. The van der Waals surface area contributed by atoms with Crippen molar-refractivity contribution in [3.05, 3.63) is 52.7 Å². The summed E-state index contributed by atoms with van der Waals surface area (Å²) in [5.41, 5.74) is 2.34. The van der Waals surface area contributed by atoms with E-state index in [4.69, 9.17) is 9.26 Å². The zero-order valence-electron chi connectivity index (χ0n) is 15.3. The van der Waals surface area contributed by atoms with E-state index in [1.165, 1.54) is 6.07 Å². The fourth-order valence-electron chi connectivity index (χ4n) is 3.21. The molecule has 2 atom stereocenters. The van der Waals surface area contributed by atoms with Gasteiger partial charge in [0.15, 0.2) is 0 Å². The number of nitrogens with one attached hydrogen (secondary N) is 1. The van der Waals surface area contributed by atoms with Crippen LogP contribution in [0.3, 0.4) is 0 Å². The molecular formula is C19H24FN3O3. The molecule has 0 radical (unpaired) electrons. The highest BCUT2D eigenvalue weighted by Gasteiger charge is 2.28. The summed E-state index contributed by atoms with van der Waals surface area (Å²) in [7, 11) is 0. The third-order valence-corrected chi connectivity index (χ3v) is 4.67. The summed E-state index contributed by atoms with van der Waals surface area (Å²) >= 11 is 0. The average molecular weight is 361 g/mol. The number of amides is 2. The van der Waals surface area contributed by atoms with Crippen molar-refractivity contribution in [1.29, 1.82) is 0 Å². The largest absolute Gasteiger partial charge is 0.370 e. The number of urea groups is 1. The Morgan fingerprint density at radius 2 is 2.19 bits per heavy atom. The van der Waals surface area contributed by atoms with Gasteiger partial charge in [0.25, 0.3) is 0 Å². The Morgan fingerprint density at radius 1 is 1.42 bits per heavy atom. The number of morpholine rings is 1. The van der Waals surface area contributed by atoms with E-state index in [0.29, 0.717) is 31.7 Å². The lowest BCUT2D eigenvalue weighted by Crippen LogP contribution is -2.49. The van der Waals surface area contributed by atoms with Gasteiger partial charge in [-0.1, -0.05) is 23.4 Å². The van der Waals surface area contributed by atoms with Gasteiger partial charge in [0.2, 0.25) is 0 Å². The van der Waals surface area contributed by atoms with Crippen LogP contribution in [0.5, 0.6) is 0 Å². The highest BCUT2D eigenvalue weighted by Crippen LogP contribution is 2.24. The van der Waals surface area contributed by atoms with Crippen molar-refractivity contribution in [2.24, 2.45) is 0 Å². The number of hydrogen-bond donors (Lipinski definition) is 1. The van der Waals surface area contributed by atoms with E-state index in [9.17, 15) is 9.18 Å². The average Bonchev–Trinajstić information content (AvgIpc) is 2.94. The van der Waals surface area contributed by atoms with E-state index in [1.807, 2.05) is 20.8 Å². The Bertz CT molecular complexity index is 758. The van der Waals surface area contributed by atoms with Crippen molar-refractivity contribution in [2.45, 2.75) is 39.3 Å². The molecule has 2 heterocycles. The number of hydrogen-bond acceptors (Lipinski definition) is 4. The van der Waals surface area contributed by atoms with Gasteiger partial charge in [-0.2, -0.15) is 0 Å². The van der Waals surface area contributed by atoms with Crippen LogP contribution in [0.15, 0.2) is 28.8 Å². The Labute approximate surface area is 152 Å². The van der Waals surface area contributed by atoms with Gasteiger partial charge in [-0.15, -0.1) is 0 Å². The van der Waals surface area contributed by atoms with E-state index in [1.54, 1.807) is 23.1 Å². The molecule has 1 saturated heterocycles. The summed E-state index contributed by atoms with van der Waals surface area (Å²) in [5.74, 6) is 0.459. The van der Waals surface area contributed by atoms with E-state index >= 15 is 0 Å². The van der Waals surface area contributed by atoms with Crippen molar-refractivity contribution >= 4 is 6.03 Å². The zero-order valence-corrected chi connectivity index (χ0v) is 15.3. The van der Waals surface area contributed by atoms with Crippen LogP contribution in [0.4, 0.5) is 9.18 Å². The van der Waals surface area contributed by atoms with Gasteiger partial charge in [0.05, 0.1) is 18.8 Å². The molecule has 0 bridgehead atoms. The lowest BCUT2D eigenvalue weighted by atomic mass is 10.1. The number of carbonyl (C=O) groups is 1. The summed E-state index contributed by atoms with van der Waals surface area (Å²) in [6.07, 6.45) is 0.196. The van der Waals surface area contributed by atoms with Crippen LogP contribution in [-0.4, -0.2) is 41.8 Å².